The molecule has 0 aliphatic heterocycles. The number of primary amides is 1. The van der Waals surface area contributed by atoms with Crippen LogP contribution in [-0.4, -0.2) is 35.0 Å². The van der Waals surface area contributed by atoms with Gasteiger partial charge in [0, 0.05) is 0 Å². The van der Waals surface area contributed by atoms with Gasteiger partial charge in [-0.25, -0.2) is 0 Å². The zero-order chi connectivity index (χ0) is 14.6. The molecular formula is C11H15N3O4S. The molecule has 0 aliphatic carbocycles. The zero-order valence-corrected chi connectivity index (χ0v) is 11.3. The minimum absolute atomic E-state index is 0.185. The lowest BCUT2D eigenvalue weighted by Crippen LogP contribution is -2.49. The summed E-state index contributed by atoms with van der Waals surface area (Å²) in [5.41, 5.74) is 4.16. The first-order valence-electron chi connectivity index (χ1n) is 5.39. The molecule has 19 heavy (non-hydrogen) atoms. The van der Waals surface area contributed by atoms with Crippen molar-refractivity contribution < 1.29 is 19.5 Å². The molecule has 1 aromatic rings. The van der Waals surface area contributed by atoms with Crippen LogP contribution in [0.4, 0.5) is 5.00 Å². The van der Waals surface area contributed by atoms with Crippen molar-refractivity contribution in [1.29, 1.82) is 0 Å². The summed E-state index contributed by atoms with van der Waals surface area (Å²) in [5.74, 6) is -2.14. The summed E-state index contributed by atoms with van der Waals surface area (Å²) in [6.07, 6.45) is 0. The van der Waals surface area contributed by atoms with Crippen LogP contribution in [0.3, 0.4) is 0 Å². The molecule has 0 bridgehead atoms. The third-order valence-corrected chi connectivity index (χ3v) is 3.24. The molecule has 0 unspecified atom stereocenters. The van der Waals surface area contributed by atoms with E-state index in [0.29, 0.717) is 5.00 Å². The highest BCUT2D eigenvalue weighted by Crippen LogP contribution is 2.22. The van der Waals surface area contributed by atoms with Gasteiger partial charge in [-0.1, -0.05) is 0 Å². The molecule has 0 spiro atoms. The van der Waals surface area contributed by atoms with Gasteiger partial charge in [-0.3, -0.25) is 19.7 Å². The van der Waals surface area contributed by atoms with E-state index in [1.54, 1.807) is 5.38 Å². The fraction of sp³-hybridized carbons (Fsp3) is 0.364. The molecule has 0 aliphatic rings. The number of carboxylic acids is 1. The van der Waals surface area contributed by atoms with Gasteiger partial charge >= 0.3 is 5.97 Å². The van der Waals surface area contributed by atoms with Crippen molar-refractivity contribution in [1.82, 2.24) is 5.32 Å². The predicted molar refractivity (Wildman–Crippen MR) is 71.2 cm³/mol. The number of amides is 2. The Kier molecular flexibility index (Phi) is 4.62. The van der Waals surface area contributed by atoms with Crippen molar-refractivity contribution >= 4 is 34.1 Å². The first-order chi connectivity index (χ1) is 8.74. The Hall–Kier alpha value is -1.93. The van der Waals surface area contributed by atoms with Crippen molar-refractivity contribution in [2.75, 3.05) is 11.9 Å². The van der Waals surface area contributed by atoms with Gasteiger partial charge in [-0.05, 0) is 25.3 Å². The van der Waals surface area contributed by atoms with Crippen LogP contribution in [0, 0.1) is 0 Å². The molecule has 1 heterocycles. The number of hydrogen-bond acceptors (Lipinski definition) is 5. The monoisotopic (exact) mass is 285 g/mol. The Bertz CT molecular complexity index is 510. The van der Waals surface area contributed by atoms with Gasteiger partial charge in [0.05, 0.1) is 12.1 Å². The minimum atomic E-state index is -1.21. The van der Waals surface area contributed by atoms with Crippen LogP contribution in [-0.2, 0) is 9.59 Å². The third-order valence-electron chi connectivity index (χ3n) is 2.41. The molecule has 2 amide bonds. The molecule has 5 N–H and O–H groups in total. The van der Waals surface area contributed by atoms with Gasteiger partial charge < -0.3 is 16.2 Å². The van der Waals surface area contributed by atoms with Crippen molar-refractivity contribution in [3.63, 3.8) is 0 Å². The number of anilines is 1. The molecule has 1 aromatic heterocycles. The summed E-state index contributed by atoms with van der Waals surface area (Å²) >= 11 is 1.17. The third kappa shape index (κ3) is 4.04. The van der Waals surface area contributed by atoms with Crippen LogP contribution in [0.2, 0.25) is 0 Å². The number of aliphatic carboxylic acids is 1. The lowest BCUT2D eigenvalue weighted by molar-refractivity contribution is -0.143. The summed E-state index contributed by atoms with van der Waals surface area (Å²) in [5, 5.41) is 16.0. The lowest BCUT2D eigenvalue weighted by atomic mass is 10.1. The molecule has 0 saturated heterocycles. The maximum atomic E-state index is 11.6. The Morgan fingerprint density at radius 1 is 1.42 bits per heavy atom. The Morgan fingerprint density at radius 3 is 2.58 bits per heavy atom. The van der Waals surface area contributed by atoms with Crippen LogP contribution < -0.4 is 16.4 Å². The summed E-state index contributed by atoms with van der Waals surface area (Å²) < 4.78 is 0. The van der Waals surface area contributed by atoms with Gasteiger partial charge in [0.1, 0.15) is 10.5 Å². The first kappa shape index (κ1) is 15.1. The number of nitrogens with two attached hydrogens (primary N) is 1. The summed E-state index contributed by atoms with van der Waals surface area (Å²) in [4.78, 5) is 33.5. The van der Waals surface area contributed by atoms with E-state index in [1.165, 1.54) is 31.3 Å². The van der Waals surface area contributed by atoms with E-state index in [9.17, 15) is 14.4 Å². The largest absolute Gasteiger partial charge is 0.480 e. The lowest BCUT2D eigenvalue weighted by Gasteiger charge is -2.20. The Balaban J connectivity index is 2.59. The fourth-order valence-corrected chi connectivity index (χ4v) is 1.96. The van der Waals surface area contributed by atoms with E-state index in [1.807, 2.05) is 0 Å². The van der Waals surface area contributed by atoms with E-state index >= 15 is 0 Å². The Morgan fingerprint density at radius 2 is 2.05 bits per heavy atom. The minimum Gasteiger partial charge on any atom is -0.480 e. The van der Waals surface area contributed by atoms with Crippen molar-refractivity contribution in [2.24, 2.45) is 5.73 Å². The van der Waals surface area contributed by atoms with E-state index in [2.05, 4.69) is 10.6 Å². The summed E-state index contributed by atoms with van der Waals surface area (Å²) in [6.45, 7) is 2.71. The second-order valence-corrected chi connectivity index (χ2v) is 5.28. The molecule has 1 rings (SSSR count). The second-order valence-electron chi connectivity index (χ2n) is 4.36. The summed E-state index contributed by atoms with van der Waals surface area (Å²) in [6, 6.07) is 1.51. The number of rotatable bonds is 6. The SMILES string of the molecule is CC(C)(NCC(=O)Nc1sccc1C(N)=O)C(=O)O. The first-order valence-corrected chi connectivity index (χ1v) is 6.27. The van der Waals surface area contributed by atoms with Crippen molar-refractivity contribution in [3.8, 4) is 0 Å². The molecule has 0 radical (unpaired) electrons. The molecular weight excluding hydrogens is 270 g/mol. The average Bonchev–Trinajstić information content (AvgIpc) is 2.74. The smallest absolute Gasteiger partial charge is 0.323 e. The standard InChI is InChI=1S/C11H15N3O4S/c1-11(2,10(17)18)13-5-7(15)14-9-6(8(12)16)3-4-19-9/h3-4,13H,5H2,1-2H3,(H2,12,16)(H,14,15)(H,17,18). The fourth-order valence-electron chi connectivity index (χ4n) is 1.15. The van der Waals surface area contributed by atoms with Crippen molar-refractivity contribution in [2.45, 2.75) is 19.4 Å². The molecule has 0 fully saturated rings. The number of carbonyl (C=O) groups is 3. The van der Waals surface area contributed by atoms with Crippen LogP contribution in [0.5, 0.6) is 0 Å². The number of carbonyl (C=O) groups excluding carboxylic acids is 2. The van der Waals surface area contributed by atoms with Crippen LogP contribution in [0.15, 0.2) is 11.4 Å². The van der Waals surface area contributed by atoms with Gasteiger partial charge in [-0.2, -0.15) is 0 Å². The van der Waals surface area contributed by atoms with Gasteiger partial charge in [0.25, 0.3) is 5.91 Å². The molecule has 7 nitrogen and oxygen atoms in total. The van der Waals surface area contributed by atoms with E-state index in [4.69, 9.17) is 10.8 Å². The number of carboxylic acid groups (broad SMARTS) is 1. The van der Waals surface area contributed by atoms with E-state index in [-0.39, 0.29) is 12.1 Å². The normalized spacial score (nSPS) is 11.1. The number of thiophene rings is 1. The van der Waals surface area contributed by atoms with E-state index in [0.717, 1.165) is 0 Å². The molecule has 0 aromatic carbocycles. The van der Waals surface area contributed by atoms with Crippen molar-refractivity contribution in [3.05, 3.63) is 17.0 Å². The maximum absolute atomic E-state index is 11.6. The zero-order valence-electron chi connectivity index (χ0n) is 10.5. The highest BCUT2D eigenvalue weighted by Gasteiger charge is 2.27. The quantitative estimate of drug-likeness (QED) is 0.596. The highest BCUT2D eigenvalue weighted by atomic mass is 32.1. The summed E-state index contributed by atoms with van der Waals surface area (Å²) in [7, 11) is 0. The number of nitrogens with one attached hydrogen (secondary N) is 2. The average molecular weight is 285 g/mol. The molecule has 0 atom stereocenters. The van der Waals surface area contributed by atoms with Crippen LogP contribution in [0.25, 0.3) is 0 Å². The number of hydrogen-bond donors (Lipinski definition) is 4. The van der Waals surface area contributed by atoms with Crippen LogP contribution in [0.1, 0.15) is 24.2 Å². The molecule has 104 valence electrons. The van der Waals surface area contributed by atoms with Crippen LogP contribution >= 0.6 is 11.3 Å². The van der Waals surface area contributed by atoms with Gasteiger partial charge in [0.15, 0.2) is 0 Å². The Labute approximate surface area is 113 Å². The highest BCUT2D eigenvalue weighted by molar-refractivity contribution is 7.14. The maximum Gasteiger partial charge on any atom is 0.323 e. The second kappa shape index (κ2) is 5.81. The van der Waals surface area contributed by atoms with Gasteiger partial charge in [0.2, 0.25) is 5.91 Å². The predicted octanol–water partition coefficient (Wildman–Crippen LogP) is 0.238. The molecule has 8 heteroatoms. The topological polar surface area (TPSA) is 122 Å². The molecule has 0 saturated carbocycles. The van der Waals surface area contributed by atoms with E-state index < -0.39 is 23.3 Å². The van der Waals surface area contributed by atoms with Gasteiger partial charge in [-0.15, -0.1) is 11.3 Å².